The predicted octanol–water partition coefficient (Wildman–Crippen LogP) is 0.0873. The van der Waals surface area contributed by atoms with Crippen LogP contribution in [-0.2, 0) is 10.0 Å². The molecule has 106 valence electrons. The zero-order valence-electron chi connectivity index (χ0n) is 10.8. The molecule has 2 N–H and O–H groups in total. The SMILES string of the molecule is Cc1ccc(S(=O)(=O)N(C)[C@@H]2CNC[C@H]2O)cc1F. The maximum absolute atomic E-state index is 13.5. The zero-order chi connectivity index (χ0) is 14.2. The van der Waals surface area contributed by atoms with Crippen LogP contribution in [0.4, 0.5) is 4.39 Å². The van der Waals surface area contributed by atoms with E-state index in [0.29, 0.717) is 18.7 Å². The maximum Gasteiger partial charge on any atom is 0.243 e. The highest BCUT2D eigenvalue weighted by molar-refractivity contribution is 7.89. The van der Waals surface area contributed by atoms with Crippen LogP contribution in [0, 0.1) is 12.7 Å². The van der Waals surface area contributed by atoms with Crippen molar-refractivity contribution in [1.82, 2.24) is 9.62 Å². The molecule has 1 fully saturated rings. The Balaban J connectivity index is 2.33. The van der Waals surface area contributed by atoms with E-state index in [0.717, 1.165) is 10.4 Å². The van der Waals surface area contributed by atoms with Crippen molar-refractivity contribution < 1.29 is 17.9 Å². The first-order valence-electron chi connectivity index (χ1n) is 5.97. The van der Waals surface area contributed by atoms with E-state index in [1.54, 1.807) is 6.92 Å². The van der Waals surface area contributed by atoms with Crippen LogP contribution < -0.4 is 5.32 Å². The molecule has 19 heavy (non-hydrogen) atoms. The summed E-state index contributed by atoms with van der Waals surface area (Å²) in [5.74, 6) is -0.556. The Bertz CT molecular complexity index is 576. The van der Waals surface area contributed by atoms with Crippen LogP contribution in [-0.4, -0.2) is 50.1 Å². The summed E-state index contributed by atoms with van der Waals surface area (Å²) in [5.41, 5.74) is 0.393. The van der Waals surface area contributed by atoms with E-state index in [9.17, 15) is 17.9 Å². The van der Waals surface area contributed by atoms with Crippen LogP contribution in [0.25, 0.3) is 0 Å². The van der Waals surface area contributed by atoms with Gasteiger partial charge < -0.3 is 10.4 Å². The lowest BCUT2D eigenvalue weighted by Gasteiger charge is -2.25. The molecule has 1 aliphatic rings. The second-order valence-corrected chi connectivity index (χ2v) is 6.72. The van der Waals surface area contributed by atoms with Crippen molar-refractivity contribution in [3.63, 3.8) is 0 Å². The van der Waals surface area contributed by atoms with Gasteiger partial charge in [-0.15, -0.1) is 0 Å². The number of hydrogen-bond donors (Lipinski definition) is 2. The molecule has 1 aromatic rings. The van der Waals surface area contributed by atoms with E-state index in [1.165, 1.54) is 19.2 Å². The number of benzene rings is 1. The lowest BCUT2D eigenvalue weighted by Crippen LogP contribution is -2.44. The summed E-state index contributed by atoms with van der Waals surface area (Å²) in [4.78, 5) is -0.0998. The highest BCUT2D eigenvalue weighted by Crippen LogP contribution is 2.21. The number of aliphatic hydroxyl groups excluding tert-OH is 1. The number of sulfonamides is 1. The number of aliphatic hydroxyl groups is 1. The Hall–Kier alpha value is -1.02. The minimum Gasteiger partial charge on any atom is -0.390 e. The van der Waals surface area contributed by atoms with E-state index < -0.39 is 28.0 Å². The first-order valence-corrected chi connectivity index (χ1v) is 7.41. The van der Waals surface area contributed by atoms with Gasteiger partial charge in [0.2, 0.25) is 10.0 Å². The monoisotopic (exact) mass is 288 g/mol. The molecular weight excluding hydrogens is 271 g/mol. The molecule has 1 aliphatic heterocycles. The Morgan fingerprint density at radius 2 is 2.11 bits per heavy atom. The second kappa shape index (κ2) is 5.16. The van der Waals surface area contributed by atoms with Gasteiger partial charge in [0.1, 0.15) is 5.82 Å². The third kappa shape index (κ3) is 2.64. The smallest absolute Gasteiger partial charge is 0.243 e. The Kier molecular flexibility index (Phi) is 3.91. The van der Waals surface area contributed by atoms with Crippen molar-refractivity contribution in [2.75, 3.05) is 20.1 Å². The van der Waals surface area contributed by atoms with Crippen LogP contribution >= 0.6 is 0 Å². The van der Waals surface area contributed by atoms with Gasteiger partial charge in [-0.1, -0.05) is 6.07 Å². The molecule has 0 aromatic heterocycles. The first kappa shape index (κ1) is 14.4. The fourth-order valence-corrected chi connectivity index (χ4v) is 3.50. The number of hydrogen-bond acceptors (Lipinski definition) is 4. The van der Waals surface area contributed by atoms with E-state index in [1.807, 2.05) is 0 Å². The highest BCUT2D eigenvalue weighted by atomic mass is 32.2. The average Bonchev–Trinajstić information content (AvgIpc) is 2.77. The molecule has 2 rings (SSSR count). The third-order valence-corrected chi connectivity index (χ3v) is 5.32. The molecule has 1 heterocycles. The number of halogens is 1. The van der Waals surface area contributed by atoms with E-state index in [-0.39, 0.29) is 4.90 Å². The zero-order valence-corrected chi connectivity index (χ0v) is 11.6. The number of aryl methyl sites for hydroxylation is 1. The molecule has 5 nitrogen and oxygen atoms in total. The van der Waals surface area contributed by atoms with E-state index in [2.05, 4.69) is 5.32 Å². The lowest BCUT2D eigenvalue weighted by molar-refractivity contribution is 0.136. The number of β-amino-alcohol motifs (C(OH)–C–C–N with tert-alkyl or cyclic N) is 1. The minimum atomic E-state index is -3.80. The molecule has 0 bridgehead atoms. The normalized spacial score (nSPS) is 24.1. The molecule has 7 heteroatoms. The summed E-state index contributed by atoms with van der Waals surface area (Å²) in [6, 6.07) is 3.28. The van der Waals surface area contributed by atoms with Gasteiger partial charge >= 0.3 is 0 Å². The largest absolute Gasteiger partial charge is 0.390 e. The lowest BCUT2D eigenvalue weighted by atomic mass is 10.2. The molecule has 0 unspecified atom stereocenters. The second-order valence-electron chi connectivity index (χ2n) is 4.73. The van der Waals surface area contributed by atoms with E-state index >= 15 is 0 Å². The molecule has 0 saturated carbocycles. The van der Waals surface area contributed by atoms with Crippen molar-refractivity contribution in [3.8, 4) is 0 Å². The van der Waals surface area contributed by atoms with Gasteiger partial charge in [0.25, 0.3) is 0 Å². The minimum absolute atomic E-state index is 0.0998. The quantitative estimate of drug-likeness (QED) is 0.827. The summed E-state index contributed by atoms with van der Waals surface area (Å²) in [6.45, 7) is 2.30. The van der Waals surface area contributed by atoms with Gasteiger partial charge in [-0.25, -0.2) is 12.8 Å². The Labute approximate surface area is 112 Å². The van der Waals surface area contributed by atoms with Crippen LogP contribution in [0.3, 0.4) is 0 Å². The van der Waals surface area contributed by atoms with E-state index in [4.69, 9.17) is 0 Å². The van der Waals surface area contributed by atoms with Crippen molar-refractivity contribution in [2.45, 2.75) is 24.0 Å². The fraction of sp³-hybridized carbons (Fsp3) is 0.500. The van der Waals surface area contributed by atoms with Crippen molar-refractivity contribution in [3.05, 3.63) is 29.6 Å². The molecule has 1 aromatic carbocycles. The average molecular weight is 288 g/mol. The predicted molar refractivity (Wildman–Crippen MR) is 68.8 cm³/mol. The van der Waals surface area contributed by atoms with Crippen LogP contribution in [0.2, 0.25) is 0 Å². The summed E-state index contributed by atoms with van der Waals surface area (Å²) < 4.78 is 39.3. The Morgan fingerprint density at radius 3 is 2.63 bits per heavy atom. The van der Waals surface area contributed by atoms with Crippen molar-refractivity contribution >= 4 is 10.0 Å². The summed E-state index contributed by atoms with van der Waals surface area (Å²) in [5, 5.41) is 12.6. The van der Waals surface area contributed by atoms with Gasteiger partial charge in [-0.3, -0.25) is 0 Å². The van der Waals surface area contributed by atoms with Crippen LogP contribution in [0.15, 0.2) is 23.1 Å². The molecule has 0 aliphatic carbocycles. The molecular formula is C12H17FN2O3S. The molecule has 2 atom stereocenters. The van der Waals surface area contributed by atoms with Gasteiger partial charge in [-0.2, -0.15) is 4.31 Å². The molecule has 0 spiro atoms. The summed E-state index contributed by atoms with van der Waals surface area (Å²) in [7, 11) is -2.40. The highest BCUT2D eigenvalue weighted by Gasteiger charge is 2.35. The Morgan fingerprint density at radius 1 is 1.42 bits per heavy atom. The van der Waals surface area contributed by atoms with Crippen LogP contribution in [0.1, 0.15) is 5.56 Å². The number of likely N-dealkylation sites (N-methyl/N-ethyl adjacent to an activating group) is 1. The third-order valence-electron chi connectivity index (χ3n) is 3.44. The molecule has 0 amide bonds. The number of nitrogens with zero attached hydrogens (tertiary/aromatic N) is 1. The summed E-state index contributed by atoms with van der Waals surface area (Å²) >= 11 is 0. The first-order chi connectivity index (χ1) is 8.84. The van der Waals surface area contributed by atoms with Crippen LogP contribution in [0.5, 0.6) is 0 Å². The topological polar surface area (TPSA) is 69.6 Å². The molecule has 1 saturated heterocycles. The van der Waals surface area contributed by atoms with Gasteiger partial charge in [0.05, 0.1) is 17.0 Å². The van der Waals surface area contributed by atoms with Crippen molar-refractivity contribution in [1.29, 1.82) is 0 Å². The maximum atomic E-state index is 13.5. The molecule has 0 radical (unpaired) electrons. The fourth-order valence-electron chi connectivity index (χ4n) is 2.10. The standard InChI is InChI=1S/C12H17FN2O3S/c1-8-3-4-9(5-10(8)13)19(17,18)15(2)11-6-14-7-12(11)16/h3-5,11-12,14,16H,6-7H2,1-2H3/t11-,12-/m1/s1. The summed E-state index contributed by atoms with van der Waals surface area (Å²) in [6.07, 6.45) is -0.755. The number of nitrogens with one attached hydrogen (secondary N) is 1. The number of rotatable bonds is 3. The van der Waals surface area contributed by atoms with Crippen molar-refractivity contribution in [2.24, 2.45) is 0 Å². The van der Waals surface area contributed by atoms with Gasteiger partial charge in [0, 0.05) is 20.1 Å². The van der Waals surface area contributed by atoms with Gasteiger partial charge in [0.15, 0.2) is 0 Å². The van der Waals surface area contributed by atoms with Gasteiger partial charge in [-0.05, 0) is 24.6 Å².